The van der Waals surface area contributed by atoms with Crippen LogP contribution in [-0.4, -0.2) is 31.3 Å². The van der Waals surface area contributed by atoms with E-state index in [4.69, 9.17) is 25.7 Å². The summed E-state index contributed by atoms with van der Waals surface area (Å²) in [6.45, 7) is 2.56. The number of methoxy groups -OCH3 is 3. The van der Waals surface area contributed by atoms with E-state index in [9.17, 15) is 0 Å². The minimum atomic E-state index is 0. The molecule has 5 N–H and O–H groups in total. The molecule has 0 bridgehead atoms. The van der Waals surface area contributed by atoms with Gasteiger partial charge < -0.3 is 55.8 Å². The van der Waals surface area contributed by atoms with Crippen molar-refractivity contribution in [3.05, 3.63) is 35.4 Å². The van der Waals surface area contributed by atoms with E-state index in [1.54, 1.807) is 21.3 Å². The highest BCUT2D eigenvalue weighted by molar-refractivity contribution is 5.92. The Morgan fingerprint density at radius 3 is 2.10 bits per heavy atom. The summed E-state index contributed by atoms with van der Waals surface area (Å²) < 4.78 is 16.1. The number of nitrogens with one attached hydrogen (secondary N) is 1. The monoisotopic (exact) mass is 439 g/mol. The van der Waals surface area contributed by atoms with Gasteiger partial charge in [0.15, 0.2) is 11.5 Å². The van der Waals surface area contributed by atoms with Gasteiger partial charge in [0.1, 0.15) is 5.82 Å². The predicted octanol–water partition coefficient (Wildman–Crippen LogP) is -3.25. The Morgan fingerprint density at radius 2 is 1.55 bits per heavy atom. The lowest BCUT2D eigenvalue weighted by Crippen LogP contribution is -3.00. The number of nitrogens with two attached hydrogens (primary N) is 2. The molecule has 1 heterocycles. The van der Waals surface area contributed by atoms with Gasteiger partial charge in [-0.25, -0.2) is 4.98 Å². The first-order valence-corrected chi connectivity index (χ1v) is 8.33. The molecule has 2 aromatic carbocycles. The zero-order valence-electron chi connectivity index (χ0n) is 16.5. The third-order valence-corrected chi connectivity index (χ3v) is 4.43. The number of aromatic nitrogens is 2. The zero-order chi connectivity index (χ0) is 19.6. The van der Waals surface area contributed by atoms with Crippen LogP contribution in [0, 0.1) is 6.92 Å². The van der Waals surface area contributed by atoms with E-state index >= 15 is 0 Å². The van der Waals surface area contributed by atoms with E-state index < -0.39 is 0 Å². The topological polar surface area (TPSA) is 118 Å². The summed E-state index contributed by atoms with van der Waals surface area (Å²) >= 11 is 0. The SMILES string of the molecule is COc1cc(NCc2ccc3nc(N)nc(N)c3c2C)cc(OC)c1OC.[Cl-].[Cl-]. The molecule has 0 unspecified atom stereocenters. The normalized spacial score (nSPS) is 9.93. The summed E-state index contributed by atoms with van der Waals surface area (Å²) in [6.07, 6.45) is 0. The maximum absolute atomic E-state index is 6.04. The molecule has 3 aromatic rings. The maximum atomic E-state index is 6.04. The lowest BCUT2D eigenvalue weighted by molar-refractivity contribution is -0.001000. The van der Waals surface area contributed by atoms with Crippen molar-refractivity contribution >= 4 is 28.4 Å². The van der Waals surface area contributed by atoms with Gasteiger partial charge in [-0.1, -0.05) is 6.07 Å². The summed E-state index contributed by atoms with van der Waals surface area (Å²) in [6, 6.07) is 7.60. The van der Waals surface area contributed by atoms with Crippen molar-refractivity contribution in [2.24, 2.45) is 0 Å². The Bertz CT molecular complexity index is 976. The van der Waals surface area contributed by atoms with Crippen molar-refractivity contribution in [1.82, 2.24) is 9.97 Å². The molecule has 0 aliphatic heterocycles. The highest BCUT2D eigenvalue weighted by Crippen LogP contribution is 2.40. The minimum absolute atomic E-state index is 0. The molecule has 0 spiro atoms. The average molecular weight is 440 g/mol. The number of hydrogen-bond acceptors (Lipinski definition) is 8. The first-order valence-electron chi connectivity index (χ1n) is 8.33. The molecule has 0 saturated heterocycles. The lowest BCUT2D eigenvalue weighted by Gasteiger charge is -2.16. The molecule has 0 saturated carbocycles. The largest absolute Gasteiger partial charge is 1.00 e. The van der Waals surface area contributed by atoms with Gasteiger partial charge in [-0.15, -0.1) is 0 Å². The van der Waals surface area contributed by atoms with Gasteiger partial charge in [0.05, 0.1) is 26.8 Å². The standard InChI is InChI=1S/C19H23N5O3.2ClH/c1-10-11(5-6-13-16(10)18(20)24-19(21)23-13)9-22-12-7-14(25-2)17(27-4)15(8-12)26-3;;/h5-8,22H,9H2,1-4H3,(H4,20,21,23,24);2*1H/p-2. The van der Waals surface area contributed by atoms with Crippen LogP contribution in [0.1, 0.15) is 11.1 Å². The summed E-state index contributed by atoms with van der Waals surface area (Å²) in [7, 11) is 4.75. The van der Waals surface area contributed by atoms with Crippen LogP contribution in [-0.2, 0) is 6.54 Å². The number of aryl methyl sites for hydroxylation is 1. The van der Waals surface area contributed by atoms with Crippen LogP contribution in [0.5, 0.6) is 17.2 Å². The molecule has 0 atom stereocenters. The van der Waals surface area contributed by atoms with Crippen LogP contribution >= 0.6 is 0 Å². The first-order chi connectivity index (χ1) is 13.0. The van der Waals surface area contributed by atoms with Crippen LogP contribution in [0.25, 0.3) is 10.9 Å². The van der Waals surface area contributed by atoms with Gasteiger partial charge in [0, 0.05) is 29.8 Å². The minimum Gasteiger partial charge on any atom is -1.00 e. The van der Waals surface area contributed by atoms with Crippen molar-refractivity contribution in [3.63, 3.8) is 0 Å². The smallest absolute Gasteiger partial charge is 0.222 e. The molecule has 0 amide bonds. The van der Waals surface area contributed by atoms with Crippen LogP contribution in [0.2, 0.25) is 0 Å². The fourth-order valence-electron chi connectivity index (χ4n) is 3.06. The first kappa shape index (κ1) is 24.2. The van der Waals surface area contributed by atoms with Crippen molar-refractivity contribution in [2.45, 2.75) is 13.5 Å². The molecule has 3 rings (SSSR count). The molecule has 0 fully saturated rings. The molecule has 0 aliphatic rings. The van der Waals surface area contributed by atoms with E-state index in [1.807, 2.05) is 31.2 Å². The predicted molar refractivity (Wildman–Crippen MR) is 107 cm³/mol. The summed E-state index contributed by atoms with van der Waals surface area (Å²) in [5.74, 6) is 2.27. The fourth-order valence-corrected chi connectivity index (χ4v) is 3.06. The molecule has 0 radical (unpaired) electrons. The number of fused-ring (bicyclic) bond motifs is 1. The van der Waals surface area contributed by atoms with Crippen LogP contribution in [0.4, 0.5) is 17.5 Å². The van der Waals surface area contributed by atoms with E-state index in [0.717, 1.165) is 27.7 Å². The van der Waals surface area contributed by atoms with Crippen LogP contribution < -0.4 is 55.8 Å². The van der Waals surface area contributed by atoms with E-state index in [0.29, 0.717) is 29.6 Å². The molecular weight excluding hydrogens is 417 g/mol. The second-order valence-electron chi connectivity index (χ2n) is 5.98. The number of rotatable bonds is 6. The van der Waals surface area contributed by atoms with Crippen LogP contribution in [0.15, 0.2) is 24.3 Å². The molecule has 1 aromatic heterocycles. The number of hydrogen-bond donors (Lipinski definition) is 3. The van der Waals surface area contributed by atoms with Crippen molar-refractivity contribution in [2.75, 3.05) is 38.1 Å². The molecule has 0 aliphatic carbocycles. The van der Waals surface area contributed by atoms with E-state index in [-0.39, 0.29) is 30.8 Å². The molecular formula is C19H23Cl2N5O3-2. The maximum Gasteiger partial charge on any atom is 0.222 e. The Morgan fingerprint density at radius 1 is 0.931 bits per heavy atom. The number of benzene rings is 2. The summed E-state index contributed by atoms with van der Waals surface area (Å²) in [5.41, 5.74) is 15.4. The lowest BCUT2D eigenvalue weighted by atomic mass is 10.0. The number of nitrogen functional groups attached to an aromatic ring is 2. The van der Waals surface area contributed by atoms with Crippen LogP contribution in [0.3, 0.4) is 0 Å². The Balaban J connectivity index is 0.00000210. The molecule has 158 valence electrons. The van der Waals surface area contributed by atoms with E-state index in [2.05, 4.69) is 15.3 Å². The van der Waals surface area contributed by atoms with Crippen molar-refractivity contribution < 1.29 is 39.0 Å². The third kappa shape index (κ3) is 4.78. The van der Waals surface area contributed by atoms with E-state index in [1.165, 1.54) is 0 Å². The fraction of sp³-hybridized carbons (Fsp3) is 0.263. The highest BCUT2D eigenvalue weighted by Gasteiger charge is 2.14. The number of ether oxygens (including phenoxy) is 3. The molecule has 8 nitrogen and oxygen atoms in total. The molecule has 29 heavy (non-hydrogen) atoms. The Kier molecular flexibility index (Phi) is 8.42. The van der Waals surface area contributed by atoms with Gasteiger partial charge in [-0.2, -0.15) is 4.98 Å². The Labute approximate surface area is 181 Å². The van der Waals surface area contributed by atoms with Gasteiger partial charge in [0.2, 0.25) is 11.7 Å². The van der Waals surface area contributed by atoms with Gasteiger partial charge in [-0.3, -0.25) is 0 Å². The van der Waals surface area contributed by atoms with Crippen molar-refractivity contribution in [3.8, 4) is 17.2 Å². The second kappa shape index (κ2) is 10.1. The zero-order valence-corrected chi connectivity index (χ0v) is 18.1. The average Bonchev–Trinajstić information content (AvgIpc) is 2.65. The summed E-state index contributed by atoms with van der Waals surface area (Å²) in [4.78, 5) is 8.30. The number of anilines is 3. The number of nitrogens with zero attached hydrogens (tertiary/aromatic N) is 2. The number of halogens is 2. The Hall–Kier alpha value is -2.84. The third-order valence-electron chi connectivity index (χ3n) is 4.43. The second-order valence-corrected chi connectivity index (χ2v) is 5.98. The summed E-state index contributed by atoms with van der Waals surface area (Å²) in [5, 5.41) is 4.19. The quantitative estimate of drug-likeness (QED) is 0.366. The van der Waals surface area contributed by atoms with Gasteiger partial charge >= 0.3 is 0 Å². The van der Waals surface area contributed by atoms with Gasteiger partial charge in [-0.05, 0) is 24.1 Å². The van der Waals surface area contributed by atoms with Gasteiger partial charge in [0.25, 0.3) is 0 Å². The highest BCUT2D eigenvalue weighted by atomic mass is 35.5. The van der Waals surface area contributed by atoms with Crippen molar-refractivity contribution in [1.29, 1.82) is 0 Å². The molecule has 10 heteroatoms.